The minimum Gasteiger partial charge on any atom is -0.288 e. The highest BCUT2D eigenvalue weighted by Crippen LogP contribution is 2.37. The van der Waals surface area contributed by atoms with Gasteiger partial charge < -0.3 is 0 Å². The van der Waals surface area contributed by atoms with E-state index in [0.717, 1.165) is 22.6 Å². The van der Waals surface area contributed by atoms with E-state index in [9.17, 15) is 9.59 Å². The first-order valence-electron chi connectivity index (χ1n) is 6.00. The second-order valence-electron chi connectivity index (χ2n) is 4.28. The third-order valence-corrected chi connectivity index (χ3v) is 5.72. The molecule has 0 radical (unpaired) electrons. The average molecular weight is 276 g/mol. The van der Waals surface area contributed by atoms with Gasteiger partial charge in [-0.15, -0.1) is 22.7 Å². The van der Waals surface area contributed by atoms with E-state index in [1.807, 2.05) is 26.0 Å². The Morgan fingerprint density at radius 1 is 0.833 bits per heavy atom. The molecule has 2 heterocycles. The van der Waals surface area contributed by atoms with Crippen molar-refractivity contribution in [2.45, 2.75) is 26.7 Å². The van der Waals surface area contributed by atoms with Gasteiger partial charge in [0.15, 0.2) is 5.78 Å². The summed E-state index contributed by atoms with van der Waals surface area (Å²) in [5, 5.41) is 0. The van der Waals surface area contributed by atoms with E-state index >= 15 is 0 Å². The molecule has 0 fully saturated rings. The molecule has 2 aromatic heterocycles. The third-order valence-electron chi connectivity index (χ3n) is 3.16. The molecule has 3 rings (SSSR count). The Labute approximate surface area is 113 Å². The van der Waals surface area contributed by atoms with Crippen LogP contribution in [0.25, 0.3) is 0 Å². The molecular weight excluding hydrogens is 264 g/mol. The van der Waals surface area contributed by atoms with Crippen LogP contribution in [-0.2, 0) is 12.8 Å². The van der Waals surface area contributed by atoms with Crippen molar-refractivity contribution < 1.29 is 9.59 Å². The van der Waals surface area contributed by atoms with Gasteiger partial charge in [-0.25, -0.2) is 0 Å². The molecule has 1 aliphatic rings. The normalized spacial score (nSPS) is 13.7. The number of hydrogen-bond donors (Lipinski definition) is 0. The van der Waals surface area contributed by atoms with Gasteiger partial charge >= 0.3 is 0 Å². The fourth-order valence-corrected chi connectivity index (χ4v) is 4.30. The maximum absolute atomic E-state index is 12.4. The summed E-state index contributed by atoms with van der Waals surface area (Å²) in [5.41, 5.74) is 1.21. The molecule has 4 heteroatoms. The van der Waals surface area contributed by atoms with Crippen LogP contribution in [0.4, 0.5) is 0 Å². The van der Waals surface area contributed by atoms with Crippen LogP contribution in [0.5, 0.6) is 0 Å². The molecule has 0 saturated carbocycles. The van der Waals surface area contributed by atoms with Crippen LogP contribution in [0.1, 0.15) is 54.1 Å². The lowest BCUT2D eigenvalue weighted by atomic mass is 9.95. The predicted molar refractivity (Wildman–Crippen MR) is 74.3 cm³/mol. The van der Waals surface area contributed by atoms with E-state index in [-0.39, 0.29) is 11.6 Å². The first kappa shape index (κ1) is 11.8. The first-order valence-corrected chi connectivity index (χ1v) is 7.63. The molecule has 0 unspecified atom stereocenters. The summed E-state index contributed by atoms with van der Waals surface area (Å²) >= 11 is 2.93. The number of aryl methyl sites for hydroxylation is 2. The standard InChI is InChI=1S/C14H12O2S2/c1-3-7-5-9-11(15)10-6-8(4-2)18-14(10)12(16)13(9)17-7/h5-6H,3-4H2,1-2H3. The van der Waals surface area contributed by atoms with Gasteiger partial charge in [-0.05, 0) is 25.0 Å². The van der Waals surface area contributed by atoms with Gasteiger partial charge in [-0.3, -0.25) is 9.59 Å². The van der Waals surface area contributed by atoms with E-state index in [2.05, 4.69) is 0 Å². The minimum atomic E-state index is 0.0199. The lowest BCUT2D eigenvalue weighted by Crippen LogP contribution is -2.15. The maximum atomic E-state index is 12.4. The molecule has 0 saturated heterocycles. The van der Waals surface area contributed by atoms with Gasteiger partial charge in [-0.1, -0.05) is 13.8 Å². The molecule has 1 aliphatic carbocycles. The van der Waals surface area contributed by atoms with Crippen molar-refractivity contribution in [3.8, 4) is 0 Å². The molecule has 0 spiro atoms. The molecule has 0 atom stereocenters. The van der Waals surface area contributed by atoms with Crippen molar-refractivity contribution in [1.29, 1.82) is 0 Å². The number of fused-ring (bicyclic) bond motifs is 2. The fourth-order valence-electron chi connectivity index (χ4n) is 2.16. The van der Waals surface area contributed by atoms with Gasteiger partial charge in [0.1, 0.15) is 0 Å². The largest absolute Gasteiger partial charge is 0.288 e. The fraction of sp³-hybridized carbons (Fsp3) is 0.286. The van der Waals surface area contributed by atoms with Crippen molar-refractivity contribution >= 4 is 34.2 Å². The Kier molecular flexibility index (Phi) is 2.72. The molecule has 2 aromatic rings. The number of carbonyl (C=O) groups excluding carboxylic acids is 2. The SMILES string of the molecule is CCc1cc2c(s1)C(=O)c1sc(CC)cc1C2=O. The van der Waals surface area contributed by atoms with Crippen LogP contribution < -0.4 is 0 Å². The zero-order valence-electron chi connectivity index (χ0n) is 10.2. The van der Waals surface area contributed by atoms with Crippen molar-refractivity contribution in [3.05, 3.63) is 42.8 Å². The predicted octanol–water partition coefficient (Wildman–Crippen LogP) is 3.71. The number of carbonyl (C=O) groups is 2. The summed E-state index contributed by atoms with van der Waals surface area (Å²) in [4.78, 5) is 28.2. The summed E-state index contributed by atoms with van der Waals surface area (Å²) in [6.07, 6.45) is 1.73. The lowest BCUT2D eigenvalue weighted by molar-refractivity contribution is 0.0986. The number of ketones is 2. The molecule has 0 amide bonds. The summed E-state index contributed by atoms with van der Waals surface area (Å²) in [6.45, 7) is 4.08. The van der Waals surface area contributed by atoms with E-state index in [4.69, 9.17) is 0 Å². The monoisotopic (exact) mass is 276 g/mol. The van der Waals surface area contributed by atoms with Crippen LogP contribution in [0, 0.1) is 0 Å². The van der Waals surface area contributed by atoms with Crippen LogP contribution in [0.2, 0.25) is 0 Å². The highest BCUT2D eigenvalue weighted by molar-refractivity contribution is 7.18. The smallest absolute Gasteiger partial charge is 0.214 e. The molecule has 18 heavy (non-hydrogen) atoms. The van der Waals surface area contributed by atoms with E-state index in [0.29, 0.717) is 20.9 Å². The highest BCUT2D eigenvalue weighted by atomic mass is 32.1. The van der Waals surface area contributed by atoms with Gasteiger partial charge in [0, 0.05) is 20.9 Å². The Hall–Kier alpha value is -1.26. The van der Waals surface area contributed by atoms with Crippen LogP contribution in [0.3, 0.4) is 0 Å². The molecular formula is C14H12O2S2. The van der Waals surface area contributed by atoms with Crippen LogP contribution in [-0.4, -0.2) is 11.6 Å². The molecule has 0 aliphatic heterocycles. The van der Waals surface area contributed by atoms with E-state index in [1.54, 1.807) is 0 Å². The zero-order chi connectivity index (χ0) is 12.9. The quantitative estimate of drug-likeness (QED) is 0.715. The molecule has 0 aromatic carbocycles. The number of rotatable bonds is 2. The summed E-state index contributed by atoms with van der Waals surface area (Å²) in [6, 6.07) is 3.76. The molecule has 0 N–H and O–H groups in total. The number of thiophene rings is 2. The Morgan fingerprint density at radius 2 is 1.28 bits per heavy atom. The van der Waals surface area contributed by atoms with Gasteiger partial charge in [-0.2, -0.15) is 0 Å². The summed E-state index contributed by atoms with van der Waals surface area (Å²) in [7, 11) is 0. The first-order chi connectivity index (χ1) is 8.65. The van der Waals surface area contributed by atoms with Crippen LogP contribution in [0.15, 0.2) is 12.1 Å². The maximum Gasteiger partial charge on any atom is 0.214 e. The molecule has 92 valence electrons. The van der Waals surface area contributed by atoms with Crippen molar-refractivity contribution in [1.82, 2.24) is 0 Å². The summed E-state index contributed by atoms with van der Waals surface area (Å²) < 4.78 is 0. The average Bonchev–Trinajstić information content (AvgIpc) is 3.00. The number of hydrogen-bond acceptors (Lipinski definition) is 4. The Bertz CT molecular complexity index is 556. The van der Waals surface area contributed by atoms with Crippen molar-refractivity contribution in [2.75, 3.05) is 0 Å². The third kappa shape index (κ3) is 1.52. The van der Waals surface area contributed by atoms with E-state index in [1.165, 1.54) is 22.7 Å². The molecule has 0 bridgehead atoms. The Morgan fingerprint density at radius 3 is 1.67 bits per heavy atom. The molecule has 2 nitrogen and oxygen atoms in total. The van der Waals surface area contributed by atoms with Gasteiger partial charge in [0.2, 0.25) is 5.78 Å². The van der Waals surface area contributed by atoms with Gasteiger partial charge in [0.05, 0.1) is 9.75 Å². The van der Waals surface area contributed by atoms with Crippen LogP contribution >= 0.6 is 22.7 Å². The zero-order valence-corrected chi connectivity index (χ0v) is 11.8. The second-order valence-corrected chi connectivity index (χ2v) is 6.55. The lowest BCUT2D eigenvalue weighted by Gasteiger charge is -2.08. The minimum absolute atomic E-state index is 0.0199. The van der Waals surface area contributed by atoms with E-state index < -0.39 is 0 Å². The Balaban J connectivity index is 2.20. The van der Waals surface area contributed by atoms with Crippen molar-refractivity contribution in [3.63, 3.8) is 0 Å². The topological polar surface area (TPSA) is 34.1 Å². The highest BCUT2D eigenvalue weighted by Gasteiger charge is 2.33. The second kappa shape index (κ2) is 4.14. The van der Waals surface area contributed by atoms with Gasteiger partial charge in [0.25, 0.3) is 0 Å². The summed E-state index contributed by atoms with van der Waals surface area (Å²) in [5.74, 6) is 0.0560. The van der Waals surface area contributed by atoms with Crippen molar-refractivity contribution in [2.24, 2.45) is 0 Å².